The van der Waals surface area contributed by atoms with E-state index in [2.05, 4.69) is 18.2 Å². The fourth-order valence-electron chi connectivity index (χ4n) is 3.25. The molecule has 3 N–H and O–H groups in total. The average Bonchev–Trinajstić information content (AvgIpc) is 3.25. The molecule has 5 nitrogen and oxygen atoms in total. The van der Waals surface area contributed by atoms with Crippen molar-refractivity contribution >= 4 is 11.5 Å². The Balaban J connectivity index is 0.000000247. The normalized spacial score (nSPS) is 16.8. The summed E-state index contributed by atoms with van der Waals surface area (Å²) in [6.07, 6.45) is 3.22. The highest BCUT2D eigenvalue weighted by Gasteiger charge is 2.27. The monoisotopic (exact) mass is 431 g/mol. The quantitative estimate of drug-likeness (QED) is 0.677. The molecule has 3 rings (SSSR count). The van der Waals surface area contributed by atoms with E-state index in [0.717, 1.165) is 24.0 Å². The second-order valence-corrected chi connectivity index (χ2v) is 7.43. The van der Waals surface area contributed by atoms with Gasteiger partial charge < -0.3 is 20.3 Å². The van der Waals surface area contributed by atoms with Gasteiger partial charge in [0.05, 0.1) is 26.7 Å². The zero-order valence-corrected chi connectivity index (χ0v) is 18.6. The van der Waals surface area contributed by atoms with Gasteiger partial charge in [0, 0.05) is 12.1 Å². The highest BCUT2D eigenvalue weighted by atomic mass is 19.1. The minimum absolute atomic E-state index is 0.0237. The molecule has 2 aromatic carbocycles. The minimum atomic E-state index is -0.178. The SMILES string of the molecule is C=C(CO)c1cc(CN)ccc1OC.COC(=O)[C@H]1CC[C@@H](C)C1.Fc1ccccc1. The molecule has 0 spiro atoms. The molecule has 0 bridgehead atoms. The highest BCUT2D eigenvalue weighted by Crippen LogP contribution is 2.30. The van der Waals surface area contributed by atoms with Gasteiger partial charge in [0.25, 0.3) is 0 Å². The maximum absolute atomic E-state index is 11.9. The number of halogens is 1. The van der Waals surface area contributed by atoms with Crippen LogP contribution in [0.1, 0.15) is 37.3 Å². The Hall–Kier alpha value is -2.70. The Labute approximate surface area is 184 Å². The second kappa shape index (κ2) is 14.3. The van der Waals surface area contributed by atoms with Crippen LogP contribution in [0.4, 0.5) is 4.39 Å². The van der Waals surface area contributed by atoms with E-state index in [0.29, 0.717) is 23.8 Å². The molecular weight excluding hydrogens is 397 g/mol. The molecule has 31 heavy (non-hydrogen) atoms. The Morgan fingerprint density at radius 3 is 2.29 bits per heavy atom. The standard InChI is InChI=1S/C11H15NO2.C8H14O2.C6H5F/c1-8(7-13)10-5-9(6-12)3-4-11(10)14-2;1-6-3-4-7(5-6)8(9)10-2;7-6-4-2-1-3-5-6/h3-5,13H,1,6-7,12H2,2H3;6-7H,3-5H2,1-2H3;1-5H/t;6-,7+;/m.1./s1. The lowest BCUT2D eigenvalue weighted by atomic mass is 10.0. The molecule has 0 aromatic heterocycles. The number of esters is 1. The first-order chi connectivity index (χ1) is 14.9. The maximum Gasteiger partial charge on any atom is 0.308 e. The molecule has 1 aliphatic carbocycles. The lowest BCUT2D eigenvalue weighted by Gasteiger charge is -2.10. The fourth-order valence-corrected chi connectivity index (χ4v) is 3.25. The highest BCUT2D eigenvalue weighted by molar-refractivity contribution is 5.72. The average molecular weight is 432 g/mol. The van der Waals surface area contributed by atoms with Gasteiger partial charge >= 0.3 is 5.97 Å². The predicted molar refractivity (Wildman–Crippen MR) is 122 cm³/mol. The number of aliphatic hydroxyl groups is 1. The van der Waals surface area contributed by atoms with Crippen LogP contribution in [0.2, 0.25) is 0 Å². The molecular formula is C25H34FNO4. The van der Waals surface area contributed by atoms with E-state index in [1.54, 1.807) is 25.3 Å². The third-order valence-corrected chi connectivity index (χ3v) is 5.03. The van der Waals surface area contributed by atoms with E-state index in [-0.39, 0.29) is 24.3 Å². The molecule has 1 aliphatic rings. The van der Waals surface area contributed by atoms with Gasteiger partial charge in [-0.05, 0) is 60.6 Å². The topological polar surface area (TPSA) is 81.8 Å². The molecule has 0 radical (unpaired) electrons. The van der Waals surface area contributed by atoms with Crippen LogP contribution >= 0.6 is 0 Å². The molecule has 0 amide bonds. The fraction of sp³-hybridized carbons (Fsp3) is 0.400. The van der Waals surface area contributed by atoms with E-state index in [1.807, 2.05) is 18.2 Å². The van der Waals surface area contributed by atoms with E-state index >= 15 is 0 Å². The Morgan fingerprint density at radius 1 is 1.19 bits per heavy atom. The van der Waals surface area contributed by atoms with Crippen molar-refractivity contribution in [2.45, 2.75) is 32.7 Å². The van der Waals surface area contributed by atoms with Crippen LogP contribution in [0.3, 0.4) is 0 Å². The van der Waals surface area contributed by atoms with Gasteiger partial charge in [0.15, 0.2) is 0 Å². The summed E-state index contributed by atoms with van der Waals surface area (Å²) in [6.45, 7) is 6.33. The number of carbonyl (C=O) groups excluding carboxylic acids is 1. The zero-order valence-electron chi connectivity index (χ0n) is 18.6. The van der Waals surface area contributed by atoms with Crippen molar-refractivity contribution in [3.63, 3.8) is 0 Å². The van der Waals surface area contributed by atoms with Crippen LogP contribution < -0.4 is 10.5 Å². The number of nitrogens with two attached hydrogens (primary N) is 1. The molecule has 170 valence electrons. The second-order valence-electron chi connectivity index (χ2n) is 7.43. The maximum atomic E-state index is 11.9. The Kier molecular flexibility index (Phi) is 12.2. The van der Waals surface area contributed by atoms with Gasteiger partial charge in [-0.15, -0.1) is 0 Å². The summed E-state index contributed by atoms with van der Waals surface area (Å²) in [5, 5.41) is 8.99. The third kappa shape index (κ3) is 9.32. The van der Waals surface area contributed by atoms with E-state index in [1.165, 1.54) is 25.7 Å². The minimum Gasteiger partial charge on any atom is -0.496 e. The third-order valence-electron chi connectivity index (χ3n) is 5.03. The number of ether oxygens (including phenoxy) is 2. The Morgan fingerprint density at radius 2 is 1.87 bits per heavy atom. The summed E-state index contributed by atoms with van der Waals surface area (Å²) in [4.78, 5) is 10.9. The van der Waals surface area contributed by atoms with E-state index < -0.39 is 0 Å². The lowest BCUT2D eigenvalue weighted by molar-refractivity contribution is -0.145. The van der Waals surface area contributed by atoms with E-state index in [4.69, 9.17) is 15.6 Å². The molecule has 1 fully saturated rings. The first-order valence-corrected chi connectivity index (χ1v) is 10.3. The van der Waals surface area contributed by atoms with Crippen molar-refractivity contribution in [1.82, 2.24) is 0 Å². The molecule has 6 heteroatoms. The molecule has 1 saturated carbocycles. The van der Waals surface area contributed by atoms with Crippen LogP contribution in [0, 0.1) is 17.7 Å². The summed E-state index contributed by atoms with van der Waals surface area (Å²) in [5.41, 5.74) is 7.97. The number of hydrogen-bond donors (Lipinski definition) is 2. The van der Waals surface area contributed by atoms with Gasteiger partial charge in [-0.2, -0.15) is 0 Å². The van der Waals surface area contributed by atoms with Crippen molar-refractivity contribution in [2.75, 3.05) is 20.8 Å². The molecule has 0 saturated heterocycles. The van der Waals surface area contributed by atoms with Crippen molar-refractivity contribution in [1.29, 1.82) is 0 Å². The van der Waals surface area contributed by atoms with Gasteiger partial charge in [-0.3, -0.25) is 4.79 Å². The largest absolute Gasteiger partial charge is 0.496 e. The first kappa shape index (κ1) is 26.3. The summed E-state index contributed by atoms with van der Waals surface area (Å²) in [7, 11) is 3.05. The van der Waals surface area contributed by atoms with Gasteiger partial charge in [0.2, 0.25) is 0 Å². The van der Waals surface area contributed by atoms with Crippen LogP contribution in [0.25, 0.3) is 5.57 Å². The number of aliphatic hydroxyl groups excluding tert-OH is 1. The van der Waals surface area contributed by atoms with Crippen molar-refractivity contribution < 1.29 is 23.8 Å². The Bertz CT molecular complexity index is 810. The van der Waals surface area contributed by atoms with Crippen molar-refractivity contribution in [3.8, 4) is 5.75 Å². The summed E-state index contributed by atoms with van der Waals surface area (Å²) in [6, 6.07) is 13.6. The zero-order chi connectivity index (χ0) is 23.2. The predicted octanol–water partition coefficient (Wildman–Crippen LogP) is 4.58. The number of hydrogen-bond acceptors (Lipinski definition) is 5. The van der Waals surface area contributed by atoms with Crippen LogP contribution in [-0.2, 0) is 16.1 Å². The first-order valence-electron chi connectivity index (χ1n) is 10.3. The van der Waals surface area contributed by atoms with E-state index in [9.17, 15) is 9.18 Å². The van der Waals surface area contributed by atoms with Crippen LogP contribution in [-0.4, -0.2) is 31.9 Å². The summed E-state index contributed by atoms with van der Waals surface area (Å²) < 4.78 is 21.7. The number of carbonyl (C=O) groups is 1. The van der Waals surface area contributed by atoms with Crippen LogP contribution in [0.5, 0.6) is 5.75 Å². The number of benzene rings is 2. The van der Waals surface area contributed by atoms with Crippen LogP contribution in [0.15, 0.2) is 55.1 Å². The van der Waals surface area contributed by atoms with Gasteiger partial charge in [-0.25, -0.2) is 4.39 Å². The molecule has 0 heterocycles. The van der Waals surface area contributed by atoms with Crippen molar-refractivity contribution in [3.05, 3.63) is 72.1 Å². The van der Waals surface area contributed by atoms with Crippen molar-refractivity contribution in [2.24, 2.45) is 17.6 Å². The molecule has 2 atom stereocenters. The van der Waals surface area contributed by atoms with Gasteiger partial charge in [0.1, 0.15) is 11.6 Å². The smallest absolute Gasteiger partial charge is 0.308 e. The molecule has 2 aromatic rings. The summed E-state index contributed by atoms with van der Waals surface area (Å²) >= 11 is 0. The van der Waals surface area contributed by atoms with Gasteiger partial charge in [-0.1, -0.05) is 37.8 Å². The molecule has 0 unspecified atom stereocenters. The lowest BCUT2D eigenvalue weighted by Crippen LogP contribution is -2.12. The molecule has 0 aliphatic heterocycles. The number of methoxy groups -OCH3 is 2. The number of rotatable bonds is 5. The summed E-state index contributed by atoms with van der Waals surface area (Å²) in [5.74, 6) is 1.41.